The summed E-state index contributed by atoms with van der Waals surface area (Å²) in [7, 11) is 0. The van der Waals surface area contributed by atoms with E-state index in [1.807, 2.05) is 0 Å². The second-order valence-corrected chi connectivity index (χ2v) is 4.52. The summed E-state index contributed by atoms with van der Waals surface area (Å²) < 4.78 is 12.8. The van der Waals surface area contributed by atoms with Crippen LogP contribution in [0.5, 0.6) is 11.5 Å². The van der Waals surface area contributed by atoms with E-state index in [2.05, 4.69) is 0 Å². The number of hydrogen-bond acceptors (Lipinski definition) is 3. The van der Waals surface area contributed by atoms with E-state index in [0.29, 0.717) is 11.1 Å². The van der Waals surface area contributed by atoms with Gasteiger partial charge in [0.15, 0.2) is 0 Å². The van der Waals surface area contributed by atoms with Crippen LogP contribution in [-0.4, -0.2) is 21.3 Å². The second kappa shape index (κ2) is 5.66. The molecule has 0 fully saturated rings. The largest absolute Gasteiger partial charge is 0.508 e. The summed E-state index contributed by atoms with van der Waals surface area (Å²) in [4.78, 5) is 11.2. The third-order valence-electron chi connectivity index (χ3n) is 3.11. The van der Waals surface area contributed by atoms with Crippen molar-refractivity contribution in [1.82, 2.24) is 0 Å². The van der Waals surface area contributed by atoms with E-state index < -0.39 is 11.7 Å². The standard InChI is InChI=1S/C16H13FO4/c1-9-12(7-4-10-2-5-11(17)6-3-10)15(16(20)21)14(19)8-13(9)18/h2-8,18-19H,1H3,(H,20,21). The van der Waals surface area contributed by atoms with Gasteiger partial charge in [0.05, 0.1) is 0 Å². The van der Waals surface area contributed by atoms with Gasteiger partial charge in [0.2, 0.25) is 0 Å². The summed E-state index contributed by atoms with van der Waals surface area (Å²) in [6.45, 7) is 1.55. The molecule has 0 aliphatic rings. The van der Waals surface area contributed by atoms with E-state index in [1.54, 1.807) is 13.0 Å². The highest BCUT2D eigenvalue weighted by Crippen LogP contribution is 2.33. The molecule has 108 valence electrons. The van der Waals surface area contributed by atoms with E-state index in [4.69, 9.17) is 0 Å². The van der Waals surface area contributed by atoms with Crippen molar-refractivity contribution in [1.29, 1.82) is 0 Å². The molecular weight excluding hydrogens is 275 g/mol. The molecule has 0 saturated carbocycles. The number of aromatic hydroxyl groups is 2. The van der Waals surface area contributed by atoms with Gasteiger partial charge >= 0.3 is 5.97 Å². The fraction of sp³-hybridized carbons (Fsp3) is 0.0625. The van der Waals surface area contributed by atoms with Gasteiger partial charge in [-0.3, -0.25) is 0 Å². The summed E-state index contributed by atoms with van der Waals surface area (Å²) in [5, 5.41) is 28.5. The van der Waals surface area contributed by atoms with Gasteiger partial charge in [-0.1, -0.05) is 24.3 Å². The Hall–Kier alpha value is -2.82. The lowest BCUT2D eigenvalue weighted by Gasteiger charge is -2.10. The van der Waals surface area contributed by atoms with Crippen molar-refractivity contribution < 1.29 is 24.5 Å². The Morgan fingerprint density at radius 1 is 1.10 bits per heavy atom. The van der Waals surface area contributed by atoms with Gasteiger partial charge in [-0.05, 0) is 35.7 Å². The lowest BCUT2D eigenvalue weighted by molar-refractivity contribution is 0.0693. The van der Waals surface area contributed by atoms with Crippen molar-refractivity contribution in [2.24, 2.45) is 0 Å². The molecular formula is C16H13FO4. The zero-order chi connectivity index (χ0) is 15.6. The fourth-order valence-electron chi connectivity index (χ4n) is 1.96. The van der Waals surface area contributed by atoms with Crippen LogP contribution in [0.4, 0.5) is 4.39 Å². The molecule has 0 amide bonds. The van der Waals surface area contributed by atoms with Gasteiger partial charge < -0.3 is 15.3 Å². The topological polar surface area (TPSA) is 77.8 Å². The quantitative estimate of drug-likeness (QED) is 0.756. The van der Waals surface area contributed by atoms with Crippen LogP contribution < -0.4 is 0 Å². The van der Waals surface area contributed by atoms with E-state index in [0.717, 1.165) is 6.07 Å². The maximum atomic E-state index is 12.8. The summed E-state index contributed by atoms with van der Waals surface area (Å²) in [6, 6.07) is 6.62. The van der Waals surface area contributed by atoms with Gasteiger partial charge in [-0.25, -0.2) is 9.18 Å². The maximum absolute atomic E-state index is 12.8. The highest BCUT2D eigenvalue weighted by Gasteiger charge is 2.18. The molecule has 3 N–H and O–H groups in total. The average Bonchev–Trinajstić information content (AvgIpc) is 2.42. The summed E-state index contributed by atoms with van der Waals surface area (Å²) in [5.41, 5.74) is 0.909. The molecule has 0 saturated heterocycles. The highest BCUT2D eigenvalue weighted by atomic mass is 19.1. The fourth-order valence-corrected chi connectivity index (χ4v) is 1.96. The first-order valence-corrected chi connectivity index (χ1v) is 6.12. The van der Waals surface area contributed by atoms with Crippen LogP contribution in [0.1, 0.15) is 27.0 Å². The van der Waals surface area contributed by atoms with E-state index in [1.165, 1.54) is 30.3 Å². The molecule has 0 radical (unpaired) electrons. The van der Waals surface area contributed by atoms with Crippen LogP contribution >= 0.6 is 0 Å². The van der Waals surface area contributed by atoms with E-state index in [9.17, 15) is 24.5 Å². The Labute approximate surface area is 120 Å². The Morgan fingerprint density at radius 3 is 2.29 bits per heavy atom. The zero-order valence-corrected chi connectivity index (χ0v) is 11.2. The van der Waals surface area contributed by atoms with Crippen LogP contribution in [0.3, 0.4) is 0 Å². The number of carboxylic acids is 1. The molecule has 2 aromatic carbocycles. The Kier molecular flexibility index (Phi) is 3.93. The Morgan fingerprint density at radius 2 is 1.71 bits per heavy atom. The molecule has 0 aromatic heterocycles. The minimum atomic E-state index is -1.30. The summed E-state index contributed by atoms with van der Waals surface area (Å²) in [5.74, 6) is -2.38. The number of hydrogen-bond donors (Lipinski definition) is 3. The number of carboxylic acid groups (broad SMARTS) is 1. The molecule has 0 atom stereocenters. The summed E-state index contributed by atoms with van der Waals surface area (Å²) >= 11 is 0. The Balaban J connectivity index is 2.52. The molecule has 0 bridgehead atoms. The predicted octanol–water partition coefficient (Wildman–Crippen LogP) is 3.41. The minimum absolute atomic E-state index is 0.198. The molecule has 2 aromatic rings. The van der Waals surface area contributed by atoms with Crippen LogP contribution in [0, 0.1) is 12.7 Å². The van der Waals surface area contributed by atoms with Crippen molar-refractivity contribution in [2.45, 2.75) is 6.92 Å². The molecule has 0 spiro atoms. The maximum Gasteiger partial charge on any atom is 0.340 e. The number of phenols is 2. The molecule has 5 heteroatoms. The molecule has 0 aliphatic carbocycles. The van der Waals surface area contributed by atoms with Crippen molar-refractivity contribution in [3.05, 3.63) is 58.4 Å². The van der Waals surface area contributed by atoms with E-state index in [-0.39, 0.29) is 22.7 Å². The molecule has 2 rings (SSSR count). The van der Waals surface area contributed by atoms with Gasteiger partial charge in [-0.15, -0.1) is 0 Å². The first-order valence-electron chi connectivity index (χ1n) is 6.12. The Bertz CT molecular complexity index is 718. The van der Waals surface area contributed by atoms with Gasteiger partial charge in [0.25, 0.3) is 0 Å². The summed E-state index contributed by atoms with van der Waals surface area (Å²) in [6.07, 6.45) is 3.04. The average molecular weight is 288 g/mol. The van der Waals surface area contributed by atoms with Crippen LogP contribution in [0.2, 0.25) is 0 Å². The molecule has 0 heterocycles. The van der Waals surface area contributed by atoms with Crippen molar-refractivity contribution >= 4 is 18.1 Å². The first kappa shape index (κ1) is 14.6. The predicted molar refractivity (Wildman–Crippen MR) is 76.8 cm³/mol. The highest BCUT2D eigenvalue weighted by molar-refractivity contribution is 5.97. The number of aromatic carboxylic acids is 1. The second-order valence-electron chi connectivity index (χ2n) is 4.52. The van der Waals surface area contributed by atoms with Crippen LogP contribution in [0.25, 0.3) is 12.2 Å². The van der Waals surface area contributed by atoms with Crippen molar-refractivity contribution in [3.8, 4) is 11.5 Å². The van der Waals surface area contributed by atoms with E-state index >= 15 is 0 Å². The minimum Gasteiger partial charge on any atom is -0.508 e. The number of phenolic OH excluding ortho intramolecular Hbond substituents is 1. The van der Waals surface area contributed by atoms with Gasteiger partial charge in [0, 0.05) is 6.07 Å². The monoisotopic (exact) mass is 288 g/mol. The molecule has 21 heavy (non-hydrogen) atoms. The normalized spacial score (nSPS) is 11.0. The van der Waals surface area contributed by atoms with Gasteiger partial charge in [-0.2, -0.15) is 0 Å². The smallest absolute Gasteiger partial charge is 0.340 e. The number of carbonyl (C=O) groups is 1. The van der Waals surface area contributed by atoms with Crippen molar-refractivity contribution in [2.75, 3.05) is 0 Å². The number of benzene rings is 2. The lowest BCUT2D eigenvalue weighted by Crippen LogP contribution is -2.02. The lowest BCUT2D eigenvalue weighted by atomic mass is 9.98. The molecule has 0 aliphatic heterocycles. The zero-order valence-electron chi connectivity index (χ0n) is 11.2. The van der Waals surface area contributed by atoms with Gasteiger partial charge in [0.1, 0.15) is 22.9 Å². The third-order valence-corrected chi connectivity index (χ3v) is 3.11. The SMILES string of the molecule is Cc1c(O)cc(O)c(C(=O)O)c1C=Cc1ccc(F)cc1. The number of rotatable bonds is 3. The van der Waals surface area contributed by atoms with Crippen LogP contribution in [-0.2, 0) is 0 Å². The molecule has 4 nitrogen and oxygen atoms in total. The number of halogens is 1. The molecule has 0 unspecified atom stereocenters. The first-order chi connectivity index (χ1) is 9.90. The van der Waals surface area contributed by atoms with Crippen molar-refractivity contribution in [3.63, 3.8) is 0 Å². The van der Waals surface area contributed by atoms with Crippen LogP contribution in [0.15, 0.2) is 30.3 Å². The third kappa shape index (κ3) is 3.02.